The van der Waals surface area contributed by atoms with Crippen LogP contribution in [0.3, 0.4) is 0 Å². The van der Waals surface area contributed by atoms with E-state index in [-0.39, 0.29) is 28.8 Å². The van der Waals surface area contributed by atoms with Crippen molar-refractivity contribution in [2.45, 2.75) is 52.6 Å². The molecule has 0 spiro atoms. The second-order valence-electron chi connectivity index (χ2n) is 5.97. The Hall–Kier alpha value is -1.63. The number of thiazole rings is 1. The van der Waals surface area contributed by atoms with E-state index >= 15 is 0 Å². The number of amides is 2. The maximum absolute atomic E-state index is 11.6. The molecule has 1 aromatic heterocycles. The summed E-state index contributed by atoms with van der Waals surface area (Å²) in [6.45, 7) is 8.02. The van der Waals surface area contributed by atoms with Gasteiger partial charge in [-0.1, -0.05) is 11.3 Å². The molecule has 2 amide bonds. The Morgan fingerprint density at radius 3 is 2.48 bits per heavy atom. The first kappa shape index (κ1) is 17.4. The average molecular weight is 313 g/mol. The Balaban J connectivity index is 2.26. The Labute approximate surface area is 128 Å². The van der Waals surface area contributed by atoms with Crippen LogP contribution in [0.5, 0.6) is 0 Å². The number of carbonyl (C=O) groups is 2. The number of carbonyl (C=O) groups excluding carboxylic acids is 2. The van der Waals surface area contributed by atoms with Gasteiger partial charge in [0, 0.05) is 29.6 Å². The van der Waals surface area contributed by atoms with E-state index in [1.54, 1.807) is 9.95 Å². The lowest BCUT2D eigenvalue weighted by molar-refractivity contribution is -0.126. The van der Waals surface area contributed by atoms with Gasteiger partial charge in [-0.05, 0) is 34.1 Å². The molecule has 21 heavy (non-hydrogen) atoms. The number of aromatic nitrogens is 1. The molecule has 7 heteroatoms. The van der Waals surface area contributed by atoms with Gasteiger partial charge in [0.1, 0.15) is 0 Å². The van der Waals surface area contributed by atoms with Gasteiger partial charge in [-0.3, -0.25) is 14.4 Å². The molecule has 0 unspecified atom stereocenters. The van der Waals surface area contributed by atoms with Gasteiger partial charge in [-0.2, -0.15) is 0 Å². The van der Waals surface area contributed by atoms with Crippen LogP contribution in [0.2, 0.25) is 0 Å². The van der Waals surface area contributed by atoms with E-state index in [0.717, 1.165) is 17.0 Å². The van der Waals surface area contributed by atoms with Crippen LogP contribution in [0.25, 0.3) is 0 Å². The molecule has 0 aliphatic heterocycles. The van der Waals surface area contributed by atoms with Gasteiger partial charge >= 0.3 is 4.87 Å². The van der Waals surface area contributed by atoms with Gasteiger partial charge in [0.25, 0.3) is 0 Å². The molecule has 0 atom stereocenters. The van der Waals surface area contributed by atoms with Crippen molar-refractivity contribution in [1.29, 1.82) is 0 Å². The predicted octanol–water partition coefficient (Wildman–Crippen LogP) is 1.03. The molecule has 1 heterocycles. The van der Waals surface area contributed by atoms with E-state index in [9.17, 15) is 14.4 Å². The summed E-state index contributed by atoms with van der Waals surface area (Å²) in [5.41, 5.74) is 0.606. The van der Waals surface area contributed by atoms with E-state index in [1.165, 1.54) is 0 Å². The molecule has 0 bridgehead atoms. The minimum absolute atomic E-state index is 0.00235. The largest absolute Gasteiger partial charge is 0.350 e. The maximum atomic E-state index is 11.6. The van der Waals surface area contributed by atoms with Crippen LogP contribution in [0.15, 0.2) is 10.2 Å². The molecule has 0 saturated carbocycles. The fourth-order valence-electron chi connectivity index (χ4n) is 1.80. The normalized spacial score (nSPS) is 11.2. The molecule has 0 aliphatic rings. The number of aryl methyl sites for hydroxylation is 1. The third-order valence-corrected chi connectivity index (χ3v) is 3.60. The van der Waals surface area contributed by atoms with Gasteiger partial charge in [0.2, 0.25) is 11.8 Å². The molecule has 0 saturated heterocycles. The highest BCUT2D eigenvalue weighted by Gasteiger charge is 2.14. The van der Waals surface area contributed by atoms with Crippen LogP contribution in [0.4, 0.5) is 0 Å². The maximum Gasteiger partial charge on any atom is 0.307 e. The number of nitrogens with one attached hydrogen (secondary N) is 2. The van der Waals surface area contributed by atoms with Gasteiger partial charge in [-0.25, -0.2) is 0 Å². The summed E-state index contributed by atoms with van der Waals surface area (Å²) in [6.07, 6.45) is 0.870. The van der Waals surface area contributed by atoms with Crippen molar-refractivity contribution < 1.29 is 9.59 Å². The van der Waals surface area contributed by atoms with E-state index in [0.29, 0.717) is 19.4 Å². The number of hydrogen-bond donors (Lipinski definition) is 2. The number of hydrogen-bond acceptors (Lipinski definition) is 4. The predicted molar refractivity (Wildman–Crippen MR) is 83.5 cm³/mol. The van der Waals surface area contributed by atoms with Crippen LogP contribution < -0.4 is 15.5 Å². The molecule has 1 aromatic rings. The topological polar surface area (TPSA) is 80.2 Å². The van der Waals surface area contributed by atoms with Crippen LogP contribution in [0, 0.1) is 6.92 Å². The van der Waals surface area contributed by atoms with Crippen molar-refractivity contribution in [2.75, 3.05) is 6.54 Å². The van der Waals surface area contributed by atoms with E-state index in [4.69, 9.17) is 0 Å². The minimum atomic E-state index is -0.306. The Morgan fingerprint density at radius 2 is 1.95 bits per heavy atom. The van der Waals surface area contributed by atoms with Gasteiger partial charge < -0.3 is 15.2 Å². The van der Waals surface area contributed by atoms with E-state index < -0.39 is 0 Å². The van der Waals surface area contributed by atoms with Gasteiger partial charge in [-0.15, -0.1) is 0 Å². The quantitative estimate of drug-likeness (QED) is 0.823. The Bertz CT molecular complexity index is 555. The average Bonchev–Trinajstić information content (AvgIpc) is 2.66. The summed E-state index contributed by atoms with van der Waals surface area (Å²) in [5.74, 6) is -0.388. The molecule has 6 nitrogen and oxygen atoms in total. The van der Waals surface area contributed by atoms with Crippen molar-refractivity contribution in [1.82, 2.24) is 15.2 Å². The van der Waals surface area contributed by atoms with Crippen LogP contribution in [-0.4, -0.2) is 28.5 Å². The smallest absolute Gasteiger partial charge is 0.307 e. The van der Waals surface area contributed by atoms with Crippen molar-refractivity contribution in [3.05, 3.63) is 20.7 Å². The molecule has 0 aromatic carbocycles. The summed E-state index contributed by atoms with van der Waals surface area (Å²) < 4.78 is 1.66. The highest BCUT2D eigenvalue weighted by atomic mass is 32.1. The molecule has 0 aliphatic carbocycles. The molecule has 2 N–H and O–H groups in total. The molecular formula is C14H23N3O3S. The lowest BCUT2D eigenvalue weighted by atomic mass is 10.1. The van der Waals surface area contributed by atoms with Crippen molar-refractivity contribution in [3.63, 3.8) is 0 Å². The van der Waals surface area contributed by atoms with Crippen molar-refractivity contribution in [2.24, 2.45) is 0 Å². The third kappa shape index (κ3) is 6.57. The zero-order valence-electron chi connectivity index (χ0n) is 13.0. The van der Waals surface area contributed by atoms with Crippen molar-refractivity contribution >= 4 is 23.2 Å². The third-order valence-electron chi connectivity index (χ3n) is 2.72. The fourth-order valence-corrected chi connectivity index (χ4v) is 2.56. The molecule has 0 fully saturated rings. The Kier molecular flexibility index (Phi) is 6.14. The monoisotopic (exact) mass is 313 g/mol. The van der Waals surface area contributed by atoms with Crippen LogP contribution in [-0.2, 0) is 16.1 Å². The SMILES string of the molecule is Cc1csc(=O)n1CCCC(=O)NCC(=O)NC(C)(C)C. The molecule has 118 valence electrons. The fraction of sp³-hybridized carbons (Fsp3) is 0.643. The zero-order valence-corrected chi connectivity index (χ0v) is 13.8. The summed E-state index contributed by atoms with van der Waals surface area (Å²) in [4.78, 5) is 34.7. The first-order valence-corrected chi connectivity index (χ1v) is 7.79. The lowest BCUT2D eigenvalue weighted by Crippen LogP contribution is -2.45. The first-order valence-electron chi connectivity index (χ1n) is 6.91. The Morgan fingerprint density at radius 1 is 1.29 bits per heavy atom. The summed E-state index contributed by atoms with van der Waals surface area (Å²) in [5, 5.41) is 7.15. The van der Waals surface area contributed by atoms with Crippen LogP contribution >= 0.6 is 11.3 Å². The summed E-state index contributed by atoms with van der Waals surface area (Å²) >= 11 is 1.16. The second-order valence-corrected chi connectivity index (χ2v) is 6.79. The highest BCUT2D eigenvalue weighted by Crippen LogP contribution is 2.02. The van der Waals surface area contributed by atoms with Gasteiger partial charge in [0.15, 0.2) is 0 Å². The zero-order chi connectivity index (χ0) is 16.0. The first-order chi connectivity index (χ1) is 9.69. The van der Waals surface area contributed by atoms with E-state index in [1.807, 2.05) is 27.7 Å². The van der Waals surface area contributed by atoms with E-state index in [2.05, 4.69) is 10.6 Å². The number of nitrogens with zero attached hydrogens (tertiary/aromatic N) is 1. The summed E-state index contributed by atoms with van der Waals surface area (Å²) in [6, 6.07) is 0. The summed E-state index contributed by atoms with van der Waals surface area (Å²) in [7, 11) is 0. The van der Waals surface area contributed by atoms with Gasteiger partial charge in [0.05, 0.1) is 6.54 Å². The second kappa shape index (κ2) is 7.40. The minimum Gasteiger partial charge on any atom is -0.350 e. The van der Waals surface area contributed by atoms with Crippen LogP contribution in [0.1, 0.15) is 39.3 Å². The van der Waals surface area contributed by atoms with Crippen molar-refractivity contribution in [3.8, 4) is 0 Å². The molecule has 1 rings (SSSR count). The highest BCUT2D eigenvalue weighted by molar-refractivity contribution is 7.07. The molecule has 0 radical (unpaired) electrons. The number of rotatable bonds is 6. The standard InChI is InChI=1S/C14H23N3O3S/c1-10-9-21-13(20)17(10)7-5-6-11(18)15-8-12(19)16-14(2,3)4/h9H,5-8H2,1-4H3,(H,15,18)(H,16,19). The lowest BCUT2D eigenvalue weighted by Gasteiger charge is -2.20. The molecular weight excluding hydrogens is 290 g/mol.